The highest BCUT2D eigenvalue weighted by molar-refractivity contribution is 5.85. The number of benzene rings is 1. The van der Waals surface area contributed by atoms with Crippen molar-refractivity contribution in [3.8, 4) is 0 Å². The van der Waals surface area contributed by atoms with Crippen LogP contribution in [0.2, 0.25) is 0 Å². The Kier molecular flexibility index (Phi) is 7.32. The lowest BCUT2D eigenvalue weighted by Gasteiger charge is -2.16. The fourth-order valence-electron chi connectivity index (χ4n) is 4.02. The monoisotopic (exact) mass is 386 g/mol. The fourth-order valence-corrected chi connectivity index (χ4v) is 4.02. The van der Waals surface area contributed by atoms with E-state index in [0.29, 0.717) is 0 Å². The molecule has 4 rings (SSSR count). The van der Waals surface area contributed by atoms with Crippen LogP contribution in [0.1, 0.15) is 23.7 Å². The number of rotatable bonds is 7. The Balaban J connectivity index is 0.00000113. The second-order valence-electron chi connectivity index (χ2n) is 6.76. The Labute approximate surface area is 160 Å². The van der Waals surface area contributed by atoms with Gasteiger partial charge in [-0.25, -0.2) is 4.39 Å². The average molecular weight is 387 g/mol. The van der Waals surface area contributed by atoms with Gasteiger partial charge in [0, 0.05) is 5.92 Å². The van der Waals surface area contributed by atoms with Gasteiger partial charge in [-0.3, -0.25) is 0 Å². The number of halogens is 3. The number of fused-ring (bicyclic) bond motifs is 1. The van der Waals surface area contributed by atoms with E-state index in [2.05, 4.69) is 10.6 Å². The van der Waals surface area contributed by atoms with Gasteiger partial charge < -0.3 is 15.1 Å². The van der Waals surface area contributed by atoms with Crippen molar-refractivity contribution in [2.75, 3.05) is 26.2 Å². The third-order valence-electron chi connectivity index (χ3n) is 5.42. The van der Waals surface area contributed by atoms with E-state index in [1.54, 1.807) is 6.26 Å². The van der Waals surface area contributed by atoms with Crippen molar-refractivity contribution in [2.24, 2.45) is 17.8 Å². The van der Waals surface area contributed by atoms with E-state index >= 15 is 0 Å². The summed E-state index contributed by atoms with van der Waals surface area (Å²) >= 11 is 0. The summed E-state index contributed by atoms with van der Waals surface area (Å²) in [5.74, 6) is 3.60. The summed E-state index contributed by atoms with van der Waals surface area (Å²) in [5.41, 5.74) is 1.11. The minimum Gasteiger partial charge on any atom is -0.469 e. The van der Waals surface area contributed by atoms with Crippen LogP contribution in [-0.4, -0.2) is 26.2 Å². The van der Waals surface area contributed by atoms with Crippen LogP contribution in [-0.2, 0) is 0 Å². The Morgan fingerprint density at radius 1 is 1.12 bits per heavy atom. The molecule has 3 nitrogen and oxygen atoms in total. The van der Waals surface area contributed by atoms with E-state index in [0.717, 1.165) is 48.6 Å². The molecule has 138 valence electrons. The SMILES string of the molecule is Cl.Cl.Fc1ccc(C(CCNCC2[C@H]3CNC[C@@H]23)c2ccco2)cc1. The average Bonchev–Trinajstić information content (AvgIpc) is 3.00. The second kappa shape index (κ2) is 9.04. The van der Waals surface area contributed by atoms with Gasteiger partial charge in [0.2, 0.25) is 0 Å². The minimum absolute atomic E-state index is 0. The zero-order valence-electron chi connectivity index (χ0n) is 14.0. The molecule has 0 amide bonds. The molecule has 4 atom stereocenters. The zero-order chi connectivity index (χ0) is 15.6. The summed E-state index contributed by atoms with van der Waals surface area (Å²) < 4.78 is 18.8. The molecule has 1 aliphatic heterocycles. The minimum atomic E-state index is -0.195. The van der Waals surface area contributed by atoms with E-state index in [-0.39, 0.29) is 36.5 Å². The standard InChI is InChI=1S/C19H23FN2O.2ClH/c20-14-5-3-13(4-6-14)15(19-2-1-9-23-19)7-8-21-10-16-17-11-22-12-18(16)17;;/h1-6,9,15-18,21-22H,7-8,10-12H2;2*1H/t15?,16?,17-,18+;;. The van der Waals surface area contributed by atoms with Crippen LogP contribution in [0.4, 0.5) is 4.39 Å². The highest BCUT2D eigenvalue weighted by Gasteiger charge is 2.51. The lowest BCUT2D eigenvalue weighted by atomic mass is 9.93. The van der Waals surface area contributed by atoms with Crippen molar-refractivity contribution in [3.05, 3.63) is 59.8 Å². The highest BCUT2D eigenvalue weighted by atomic mass is 35.5. The van der Waals surface area contributed by atoms with Crippen molar-refractivity contribution < 1.29 is 8.81 Å². The predicted octanol–water partition coefficient (Wildman–Crippen LogP) is 3.84. The molecule has 2 heterocycles. The molecule has 0 radical (unpaired) electrons. The topological polar surface area (TPSA) is 37.2 Å². The van der Waals surface area contributed by atoms with Gasteiger partial charge in [0.05, 0.1) is 6.26 Å². The number of furan rings is 1. The number of piperidine rings is 1. The Bertz CT molecular complexity index is 625. The number of hydrogen-bond acceptors (Lipinski definition) is 3. The smallest absolute Gasteiger partial charge is 0.123 e. The lowest BCUT2D eigenvalue weighted by Crippen LogP contribution is -2.25. The molecule has 0 bridgehead atoms. The van der Waals surface area contributed by atoms with Crippen molar-refractivity contribution in [2.45, 2.75) is 12.3 Å². The molecule has 25 heavy (non-hydrogen) atoms. The maximum absolute atomic E-state index is 13.2. The molecule has 1 saturated carbocycles. The summed E-state index contributed by atoms with van der Waals surface area (Å²) in [6.07, 6.45) is 2.66. The van der Waals surface area contributed by atoms with Crippen LogP contribution in [0, 0.1) is 23.6 Å². The molecule has 2 N–H and O–H groups in total. The summed E-state index contributed by atoms with van der Waals surface area (Å²) in [7, 11) is 0. The van der Waals surface area contributed by atoms with Gasteiger partial charge in [-0.15, -0.1) is 24.8 Å². The summed E-state index contributed by atoms with van der Waals surface area (Å²) in [6.45, 7) is 4.46. The first-order chi connectivity index (χ1) is 11.3. The van der Waals surface area contributed by atoms with Gasteiger partial charge in [-0.2, -0.15) is 0 Å². The van der Waals surface area contributed by atoms with Gasteiger partial charge in [-0.1, -0.05) is 12.1 Å². The van der Waals surface area contributed by atoms with Crippen molar-refractivity contribution in [1.29, 1.82) is 0 Å². The first-order valence-corrected chi connectivity index (χ1v) is 8.53. The quantitative estimate of drug-likeness (QED) is 0.709. The van der Waals surface area contributed by atoms with Gasteiger partial charge >= 0.3 is 0 Å². The number of nitrogens with one attached hydrogen (secondary N) is 2. The van der Waals surface area contributed by atoms with Gasteiger partial charge in [-0.05, 0) is 80.2 Å². The molecule has 2 aliphatic rings. The van der Waals surface area contributed by atoms with Gasteiger partial charge in [0.25, 0.3) is 0 Å². The van der Waals surface area contributed by atoms with E-state index in [1.807, 2.05) is 24.3 Å². The van der Waals surface area contributed by atoms with Gasteiger partial charge in [0.1, 0.15) is 11.6 Å². The molecule has 2 aromatic rings. The van der Waals surface area contributed by atoms with Crippen LogP contribution < -0.4 is 10.6 Å². The van der Waals surface area contributed by atoms with Crippen LogP contribution in [0.3, 0.4) is 0 Å². The molecule has 1 aliphatic carbocycles. The summed E-state index contributed by atoms with van der Waals surface area (Å²) in [4.78, 5) is 0. The summed E-state index contributed by atoms with van der Waals surface area (Å²) in [6, 6.07) is 10.7. The van der Waals surface area contributed by atoms with Gasteiger partial charge in [0.15, 0.2) is 0 Å². The Morgan fingerprint density at radius 3 is 2.48 bits per heavy atom. The zero-order valence-corrected chi connectivity index (χ0v) is 15.6. The van der Waals surface area contributed by atoms with Crippen molar-refractivity contribution in [3.63, 3.8) is 0 Å². The molecule has 2 unspecified atom stereocenters. The Morgan fingerprint density at radius 2 is 1.84 bits per heavy atom. The molecular formula is C19H25Cl2FN2O. The normalized spacial score (nSPS) is 24.8. The van der Waals surface area contributed by atoms with Crippen LogP contribution in [0.15, 0.2) is 47.1 Å². The maximum Gasteiger partial charge on any atom is 0.123 e. The van der Waals surface area contributed by atoms with Crippen molar-refractivity contribution >= 4 is 24.8 Å². The largest absolute Gasteiger partial charge is 0.469 e. The highest BCUT2D eigenvalue weighted by Crippen LogP contribution is 2.48. The van der Waals surface area contributed by atoms with Crippen LogP contribution >= 0.6 is 24.8 Å². The van der Waals surface area contributed by atoms with E-state index < -0.39 is 0 Å². The molecule has 6 heteroatoms. The summed E-state index contributed by atoms with van der Waals surface area (Å²) in [5, 5.41) is 7.04. The predicted molar refractivity (Wildman–Crippen MR) is 102 cm³/mol. The molecule has 1 saturated heterocycles. The second-order valence-corrected chi connectivity index (χ2v) is 6.76. The molecule has 1 aromatic heterocycles. The van der Waals surface area contributed by atoms with E-state index in [4.69, 9.17) is 4.42 Å². The molecular weight excluding hydrogens is 362 g/mol. The van der Waals surface area contributed by atoms with Crippen LogP contribution in [0.5, 0.6) is 0 Å². The third kappa shape index (κ3) is 4.56. The fraction of sp³-hybridized carbons (Fsp3) is 0.474. The lowest BCUT2D eigenvalue weighted by molar-refractivity contribution is 0.459. The van der Waals surface area contributed by atoms with E-state index in [1.165, 1.54) is 25.2 Å². The maximum atomic E-state index is 13.2. The van der Waals surface area contributed by atoms with Crippen LogP contribution in [0.25, 0.3) is 0 Å². The third-order valence-corrected chi connectivity index (χ3v) is 5.42. The molecule has 0 spiro atoms. The Hall–Kier alpha value is -1.07. The van der Waals surface area contributed by atoms with Crippen molar-refractivity contribution in [1.82, 2.24) is 10.6 Å². The molecule has 2 fully saturated rings. The van der Waals surface area contributed by atoms with E-state index in [9.17, 15) is 4.39 Å². The molecule has 1 aromatic carbocycles. The first-order valence-electron chi connectivity index (χ1n) is 8.53. The first kappa shape index (κ1) is 20.2. The number of hydrogen-bond donors (Lipinski definition) is 2.